The monoisotopic (exact) mass is 304 g/mol. The molecule has 0 aliphatic heterocycles. The highest BCUT2D eigenvalue weighted by molar-refractivity contribution is 5.78. The SMILES string of the molecule is O=C(CN(CCO)Cc1ccccc1)NCC1CCCCC1. The minimum Gasteiger partial charge on any atom is -0.395 e. The minimum atomic E-state index is 0.0648. The molecule has 1 amide bonds. The molecule has 122 valence electrons. The van der Waals surface area contributed by atoms with Crippen LogP contribution in [0.15, 0.2) is 30.3 Å². The minimum absolute atomic E-state index is 0.0648. The van der Waals surface area contributed by atoms with Crippen molar-refractivity contribution in [1.29, 1.82) is 0 Å². The van der Waals surface area contributed by atoms with Gasteiger partial charge < -0.3 is 10.4 Å². The smallest absolute Gasteiger partial charge is 0.234 e. The number of nitrogens with one attached hydrogen (secondary N) is 1. The van der Waals surface area contributed by atoms with Gasteiger partial charge in [-0.05, 0) is 24.3 Å². The third-order valence-corrected chi connectivity index (χ3v) is 4.35. The van der Waals surface area contributed by atoms with Crippen LogP contribution < -0.4 is 5.32 Å². The van der Waals surface area contributed by atoms with Crippen molar-refractivity contribution >= 4 is 5.91 Å². The van der Waals surface area contributed by atoms with E-state index in [4.69, 9.17) is 0 Å². The second-order valence-electron chi connectivity index (χ2n) is 6.23. The Morgan fingerprint density at radius 1 is 1.18 bits per heavy atom. The van der Waals surface area contributed by atoms with Gasteiger partial charge in [-0.15, -0.1) is 0 Å². The highest BCUT2D eigenvalue weighted by Crippen LogP contribution is 2.22. The molecule has 1 aromatic rings. The van der Waals surface area contributed by atoms with Crippen LogP contribution >= 0.6 is 0 Å². The van der Waals surface area contributed by atoms with Gasteiger partial charge in [-0.25, -0.2) is 0 Å². The zero-order valence-corrected chi connectivity index (χ0v) is 13.3. The molecule has 2 N–H and O–H groups in total. The number of hydrogen-bond acceptors (Lipinski definition) is 3. The van der Waals surface area contributed by atoms with Gasteiger partial charge in [0.25, 0.3) is 0 Å². The maximum absolute atomic E-state index is 12.1. The topological polar surface area (TPSA) is 52.6 Å². The van der Waals surface area contributed by atoms with Gasteiger partial charge in [0.1, 0.15) is 0 Å². The molecule has 1 aliphatic carbocycles. The van der Waals surface area contributed by atoms with Crippen molar-refractivity contribution in [3.63, 3.8) is 0 Å². The van der Waals surface area contributed by atoms with Gasteiger partial charge in [0.05, 0.1) is 13.2 Å². The summed E-state index contributed by atoms with van der Waals surface area (Å²) in [5.41, 5.74) is 1.16. The fraction of sp³-hybridized carbons (Fsp3) is 0.611. The lowest BCUT2D eigenvalue weighted by atomic mass is 9.89. The Kier molecular flexibility index (Phi) is 7.40. The fourth-order valence-corrected chi connectivity index (χ4v) is 3.11. The Labute approximate surface area is 133 Å². The van der Waals surface area contributed by atoms with Crippen LogP contribution in [0.25, 0.3) is 0 Å². The lowest BCUT2D eigenvalue weighted by Gasteiger charge is -2.24. The quantitative estimate of drug-likeness (QED) is 0.774. The molecule has 0 atom stereocenters. The van der Waals surface area contributed by atoms with E-state index < -0.39 is 0 Å². The van der Waals surface area contributed by atoms with E-state index in [1.165, 1.54) is 32.1 Å². The first-order chi connectivity index (χ1) is 10.8. The number of amides is 1. The molecule has 0 radical (unpaired) electrons. The van der Waals surface area contributed by atoms with Gasteiger partial charge in [0.2, 0.25) is 5.91 Å². The predicted molar refractivity (Wildman–Crippen MR) is 88.4 cm³/mol. The first-order valence-electron chi connectivity index (χ1n) is 8.42. The maximum Gasteiger partial charge on any atom is 0.234 e. The van der Waals surface area contributed by atoms with Gasteiger partial charge in [-0.1, -0.05) is 49.6 Å². The van der Waals surface area contributed by atoms with Crippen molar-refractivity contribution in [2.45, 2.75) is 38.6 Å². The molecule has 1 aliphatic rings. The van der Waals surface area contributed by atoms with Crippen molar-refractivity contribution in [2.75, 3.05) is 26.2 Å². The first kappa shape index (κ1) is 17.0. The first-order valence-corrected chi connectivity index (χ1v) is 8.42. The molecular formula is C18H28N2O2. The number of carbonyl (C=O) groups is 1. The van der Waals surface area contributed by atoms with Crippen LogP contribution in [0, 0.1) is 5.92 Å². The Morgan fingerprint density at radius 2 is 1.91 bits per heavy atom. The van der Waals surface area contributed by atoms with Crippen molar-refractivity contribution in [1.82, 2.24) is 10.2 Å². The summed E-state index contributed by atoms with van der Waals surface area (Å²) >= 11 is 0. The molecule has 2 rings (SSSR count). The van der Waals surface area contributed by atoms with Crippen LogP contribution in [0.4, 0.5) is 0 Å². The number of hydrogen-bond donors (Lipinski definition) is 2. The van der Waals surface area contributed by atoms with Gasteiger partial charge in [0, 0.05) is 19.6 Å². The summed E-state index contributed by atoms with van der Waals surface area (Å²) in [7, 11) is 0. The van der Waals surface area contributed by atoms with Crippen molar-refractivity contribution in [3.8, 4) is 0 Å². The summed E-state index contributed by atoms with van der Waals surface area (Å²) in [4.78, 5) is 14.1. The largest absolute Gasteiger partial charge is 0.395 e. The Hall–Kier alpha value is -1.39. The number of aliphatic hydroxyl groups is 1. The van der Waals surface area contributed by atoms with Crippen molar-refractivity contribution in [2.24, 2.45) is 5.92 Å². The van der Waals surface area contributed by atoms with E-state index in [-0.39, 0.29) is 12.5 Å². The Morgan fingerprint density at radius 3 is 2.59 bits per heavy atom. The predicted octanol–water partition coefficient (Wildman–Crippen LogP) is 2.18. The molecule has 0 heterocycles. The third kappa shape index (κ3) is 6.16. The zero-order valence-electron chi connectivity index (χ0n) is 13.3. The number of aliphatic hydroxyl groups excluding tert-OH is 1. The van der Waals surface area contributed by atoms with Gasteiger partial charge in [0.15, 0.2) is 0 Å². The molecule has 0 bridgehead atoms. The zero-order chi connectivity index (χ0) is 15.6. The maximum atomic E-state index is 12.1. The van der Waals surface area contributed by atoms with Crippen molar-refractivity contribution in [3.05, 3.63) is 35.9 Å². The summed E-state index contributed by atoms with van der Waals surface area (Å²) in [5.74, 6) is 0.716. The fourth-order valence-electron chi connectivity index (χ4n) is 3.11. The molecule has 22 heavy (non-hydrogen) atoms. The average molecular weight is 304 g/mol. The Bertz CT molecular complexity index is 430. The lowest BCUT2D eigenvalue weighted by molar-refractivity contribution is -0.122. The summed E-state index contributed by atoms with van der Waals surface area (Å²) in [6.07, 6.45) is 6.41. The average Bonchev–Trinajstić information content (AvgIpc) is 2.55. The molecule has 1 saturated carbocycles. The van der Waals surface area contributed by atoms with Gasteiger partial charge in [-0.3, -0.25) is 9.69 Å². The van der Waals surface area contributed by atoms with Crippen molar-refractivity contribution < 1.29 is 9.90 Å². The lowest BCUT2D eigenvalue weighted by Crippen LogP contribution is -2.40. The standard InChI is InChI=1S/C18H28N2O2/c21-12-11-20(14-17-9-5-2-6-10-17)15-18(22)19-13-16-7-3-1-4-8-16/h2,5-6,9-10,16,21H,1,3-4,7-8,11-15H2,(H,19,22). The molecule has 1 aromatic carbocycles. The number of carbonyl (C=O) groups excluding carboxylic acids is 1. The second kappa shape index (κ2) is 9.59. The molecule has 0 saturated heterocycles. The van der Waals surface area contributed by atoms with E-state index >= 15 is 0 Å². The van der Waals surface area contributed by atoms with E-state index in [1.54, 1.807) is 0 Å². The highest BCUT2D eigenvalue weighted by Gasteiger charge is 2.15. The molecule has 1 fully saturated rings. The Balaban J connectivity index is 1.75. The summed E-state index contributed by atoms with van der Waals surface area (Å²) in [6.45, 7) is 2.44. The van der Waals surface area contributed by atoms with Gasteiger partial charge >= 0.3 is 0 Å². The highest BCUT2D eigenvalue weighted by atomic mass is 16.3. The molecule has 0 spiro atoms. The number of nitrogens with zero attached hydrogens (tertiary/aromatic N) is 1. The van der Waals surface area contributed by atoms with E-state index in [2.05, 4.69) is 5.32 Å². The van der Waals surface area contributed by atoms with Crippen LogP contribution in [0.5, 0.6) is 0 Å². The van der Waals surface area contributed by atoms with Gasteiger partial charge in [-0.2, -0.15) is 0 Å². The number of benzene rings is 1. The summed E-state index contributed by atoms with van der Waals surface area (Å²) < 4.78 is 0. The molecule has 0 aromatic heterocycles. The summed E-state index contributed by atoms with van der Waals surface area (Å²) in [6, 6.07) is 10.1. The normalized spacial score (nSPS) is 15.9. The van der Waals surface area contributed by atoms with Crippen LogP contribution in [0.3, 0.4) is 0 Å². The third-order valence-electron chi connectivity index (χ3n) is 4.35. The number of rotatable bonds is 8. The molecule has 4 heteroatoms. The molecule has 0 unspecified atom stereocenters. The van der Waals surface area contributed by atoms with Crippen LogP contribution in [0.2, 0.25) is 0 Å². The molecular weight excluding hydrogens is 276 g/mol. The molecule has 4 nitrogen and oxygen atoms in total. The van der Waals surface area contributed by atoms with E-state index in [0.717, 1.165) is 12.1 Å². The van der Waals surface area contributed by atoms with Crippen LogP contribution in [-0.4, -0.2) is 42.2 Å². The summed E-state index contributed by atoms with van der Waals surface area (Å²) in [5, 5.41) is 12.3. The second-order valence-corrected chi connectivity index (χ2v) is 6.23. The van der Waals surface area contributed by atoms with Crippen LogP contribution in [0.1, 0.15) is 37.7 Å². The van der Waals surface area contributed by atoms with E-state index in [9.17, 15) is 9.90 Å². The van der Waals surface area contributed by atoms with E-state index in [0.29, 0.717) is 25.6 Å². The van der Waals surface area contributed by atoms with E-state index in [1.807, 2.05) is 35.2 Å². The van der Waals surface area contributed by atoms with Crippen LogP contribution in [-0.2, 0) is 11.3 Å².